The lowest BCUT2D eigenvalue weighted by atomic mass is 9.97. The molecule has 0 radical (unpaired) electrons. The molecule has 5 heteroatoms. The summed E-state index contributed by atoms with van der Waals surface area (Å²) in [6.07, 6.45) is -0.301. The van der Waals surface area contributed by atoms with Crippen molar-refractivity contribution in [2.45, 2.75) is 26.1 Å². The number of nitrogens with zero attached hydrogens (tertiary/aromatic N) is 1. The van der Waals surface area contributed by atoms with Crippen LogP contribution < -0.4 is 0 Å². The van der Waals surface area contributed by atoms with Gasteiger partial charge in [-0.05, 0) is 24.1 Å². The topological polar surface area (TPSA) is 70.4 Å². The van der Waals surface area contributed by atoms with Gasteiger partial charge in [-0.1, -0.05) is 30.0 Å². The van der Waals surface area contributed by atoms with Crippen molar-refractivity contribution in [1.29, 1.82) is 0 Å². The first-order valence-electron chi connectivity index (χ1n) is 6.34. The van der Waals surface area contributed by atoms with Gasteiger partial charge in [-0.3, -0.25) is 9.78 Å². The second-order valence-corrected chi connectivity index (χ2v) is 5.87. The molecule has 0 saturated carbocycles. The van der Waals surface area contributed by atoms with Crippen molar-refractivity contribution < 1.29 is 15.0 Å². The van der Waals surface area contributed by atoms with Gasteiger partial charge in [-0.2, -0.15) is 0 Å². The number of aryl methyl sites for hydroxylation is 1. The lowest BCUT2D eigenvalue weighted by Gasteiger charge is -2.20. The van der Waals surface area contributed by atoms with Gasteiger partial charge in [0, 0.05) is 24.3 Å². The van der Waals surface area contributed by atoms with Crippen molar-refractivity contribution in [2.24, 2.45) is 0 Å². The van der Waals surface area contributed by atoms with Crippen LogP contribution in [0.1, 0.15) is 24.2 Å². The molecule has 2 atom stereocenters. The van der Waals surface area contributed by atoms with Gasteiger partial charge in [0.05, 0.1) is 11.6 Å². The molecule has 20 heavy (non-hydrogen) atoms. The number of benzene rings is 1. The number of aliphatic hydroxyl groups excluding tert-OH is 2. The molecule has 2 aromatic rings. The van der Waals surface area contributed by atoms with E-state index in [0.717, 1.165) is 28.2 Å². The smallest absolute Gasteiger partial charge is 0.185 e. The first-order valence-corrected chi connectivity index (χ1v) is 7.33. The summed E-state index contributed by atoms with van der Waals surface area (Å²) in [5.41, 5.74) is 2.31. The Labute approximate surface area is 121 Å². The van der Waals surface area contributed by atoms with Crippen LogP contribution >= 0.6 is 11.8 Å². The van der Waals surface area contributed by atoms with Crippen LogP contribution in [0.2, 0.25) is 0 Å². The lowest BCUT2D eigenvalue weighted by Crippen LogP contribution is -2.22. The average molecular weight is 291 g/mol. The first-order chi connectivity index (χ1) is 9.50. The summed E-state index contributed by atoms with van der Waals surface area (Å²) in [6, 6.07) is 7.48. The second kappa shape index (κ2) is 6.35. The number of aliphatic hydroxyl groups is 2. The van der Waals surface area contributed by atoms with E-state index >= 15 is 0 Å². The summed E-state index contributed by atoms with van der Waals surface area (Å²) in [4.78, 5) is 15.2. The minimum Gasteiger partial charge on any atom is -0.389 e. The molecule has 106 valence electrons. The number of carbonyl (C=O) groups excluding carboxylic acids is 1. The van der Waals surface area contributed by atoms with Crippen molar-refractivity contribution in [2.75, 3.05) is 5.75 Å². The molecule has 0 spiro atoms. The summed E-state index contributed by atoms with van der Waals surface area (Å²) in [5, 5.41) is 21.1. The number of hydrogen-bond acceptors (Lipinski definition) is 5. The SMILES string of the molecule is CC(=O)SCC(O)C(O)c1ccc2cccnc2c1C. The highest BCUT2D eigenvalue weighted by molar-refractivity contribution is 8.13. The van der Waals surface area contributed by atoms with Crippen LogP contribution in [-0.4, -0.2) is 32.2 Å². The van der Waals surface area contributed by atoms with Gasteiger partial charge in [-0.25, -0.2) is 0 Å². The lowest BCUT2D eigenvalue weighted by molar-refractivity contribution is -0.109. The Bertz CT molecular complexity index is 630. The summed E-state index contributed by atoms with van der Waals surface area (Å²) in [6.45, 7) is 3.31. The van der Waals surface area contributed by atoms with Crippen LogP contribution in [0.25, 0.3) is 10.9 Å². The molecule has 2 unspecified atom stereocenters. The van der Waals surface area contributed by atoms with Gasteiger partial charge < -0.3 is 10.2 Å². The van der Waals surface area contributed by atoms with Crippen LogP contribution in [-0.2, 0) is 4.79 Å². The number of aromatic nitrogens is 1. The van der Waals surface area contributed by atoms with Gasteiger partial charge in [0.2, 0.25) is 0 Å². The Morgan fingerprint density at radius 1 is 1.35 bits per heavy atom. The molecule has 0 saturated heterocycles. The van der Waals surface area contributed by atoms with E-state index in [4.69, 9.17) is 0 Å². The zero-order chi connectivity index (χ0) is 14.7. The van der Waals surface area contributed by atoms with Crippen LogP contribution in [0, 0.1) is 6.92 Å². The summed E-state index contributed by atoms with van der Waals surface area (Å²) >= 11 is 1.01. The average Bonchev–Trinajstić information content (AvgIpc) is 2.44. The number of hydrogen-bond donors (Lipinski definition) is 2. The second-order valence-electron chi connectivity index (χ2n) is 4.67. The Balaban J connectivity index is 2.28. The standard InChI is InChI=1S/C15H17NO3S/c1-9-12(15(19)13(18)8-20-10(2)17)6-5-11-4-3-7-16-14(9)11/h3-7,13,15,18-19H,8H2,1-2H3. The van der Waals surface area contributed by atoms with Crippen LogP contribution in [0.15, 0.2) is 30.5 Å². The summed E-state index contributed by atoms with van der Waals surface area (Å²) < 4.78 is 0. The van der Waals surface area contributed by atoms with E-state index < -0.39 is 12.2 Å². The minimum atomic E-state index is -1.02. The molecule has 2 N–H and O–H groups in total. The van der Waals surface area contributed by atoms with Crippen molar-refractivity contribution in [3.8, 4) is 0 Å². The third-order valence-corrected chi connectivity index (χ3v) is 4.12. The van der Waals surface area contributed by atoms with Crippen LogP contribution in [0.5, 0.6) is 0 Å². The van der Waals surface area contributed by atoms with Crippen molar-refractivity contribution in [3.63, 3.8) is 0 Å². The van der Waals surface area contributed by atoms with Gasteiger partial charge >= 0.3 is 0 Å². The van der Waals surface area contributed by atoms with E-state index in [1.807, 2.05) is 25.1 Å². The highest BCUT2D eigenvalue weighted by Gasteiger charge is 2.21. The maximum atomic E-state index is 10.9. The molecule has 0 aliphatic heterocycles. The largest absolute Gasteiger partial charge is 0.389 e. The first kappa shape index (κ1) is 15.0. The third-order valence-electron chi connectivity index (χ3n) is 3.21. The number of rotatable bonds is 4. The molecule has 4 nitrogen and oxygen atoms in total. The fraction of sp³-hybridized carbons (Fsp3) is 0.333. The van der Waals surface area contributed by atoms with Crippen LogP contribution in [0.3, 0.4) is 0 Å². The van der Waals surface area contributed by atoms with E-state index in [2.05, 4.69) is 4.98 Å². The van der Waals surface area contributed by atoms with Gasteiger partial charge in [0.15, 0.2) is 5.12 Å². The van der Waals surface area contributed by atoms with E-state index in [1.54, 1.807) is 12.3 Å². The predicted octanol–water partition coefficient (Wildman–Crippen LogP) is 2.22. The summed E-state index contributed by atoms with van der Waals surface area (Å²) in [7, 11) is 0. The number of thioether (sulfide) groups is 1. The number of fused-ring (bicyclic) bond motifs is 1. The molecule has 0 amide bonds. The molecular formula is C15H17NO3S. The minimum absolute atomic E-state index is 0.0758. The van der Waals surface area contributed by atoms with Gasteiger partial charge in [-0.15, -0.1) is 0 Å². The Morgan fingerprint density at radius 3 is 2.80 bits per heavy atom. The maximum absolute atomic E-state index is 10.9. The molecule has 1 heterocycles. The number of carbonyl (C=O) groups is 1. The normalized spacial score (nSPS) is 14.2. The quantitative estimate of drug-likeness (QED) is 0.904. The fourth-order valence-electron chi connectivity index (χ4n) is 2.13. The molecule has 2 rings (SSSR count). The molecule has 1 aromatic carbocycles. The van der Waals surface area contributed by atoms with Gasteiger partial charge in [0.25, 0.3) is 0 Å². The maximum Gasteiger partial charge on any atom is 0.185 e. The highest BCUT2D eigenvalue weighted by Crippen LogP contribution is 2.27. The molecule has 1 aromatic heterocycles. The number of pyridine rings is 1. The van der Waals surface area contributed by atoms with Crippen LogP contribution in [0.4, 0.5) is 0 Å². The summed E-state index contributed by atoms with van der Waals surface area (Å²) in [5.74, 6) is 0.177. The van der Waals surface area contributed by atoms with E-state index in [1.165, 1.54) is 6.92 Å². The molecule has 0 bridgehead atoms. The zero-order valence-electron chi connectivity index (χ0n) is 11.4. The molecular weight excluding hydrogens is 274 g/mol. The van der Waals surface area contributed by atoms with E-state index in [0.29, 0.717) is 5.56 Å². The Kier molecular flexibility index (Phi) is 4.75. The molecule has 0 aliphatic carbocycles. The zero-order valence-corrected chi connectivity index (χ0v) is 12.2. The Hall–Kier alpha value is -1.43. The Morgan fingerprint density at radius 2 is 2.10 bits per heavy atom. The monoisotopic (exact) mass is 291 g/mol. The van der Waals surface area contributed by atoms with Gasteiger partial charge in [0.1, 0.15) is 6.10 Å². The fourth-order valence-corrected chi connectivity index (χ4v) is 2.72. The predicted molar refractivity (Wildman–Crippen MR) is 80.6 cm³/mol. The highest BCUT2D eigenvalue weighted by atomic mass is 32.2. The molecule has 0 aliphatic rings. The van der Waals surface area contributed by atoms with Crippen molar-refractivity contribution >= 4 is 27.8 Å². The van der Waals surface area contributed by atoms with Crippen molar-refractivity contribution in [3.05, 3.63) is 41.6 Å². The van der Waals surface area contributed by atoms with E-state index in [9.17, 15) is 15.0 Å². The van der Waals surface area contributed by atoms with E-state index in [-0.39, 0.29) is 10.9 Å². The third kappa shape index (κ3) is 3.17. The molecule has 0 fully saturated rings. The van der Waals surface area contributed by atoms with Crippen molar-refractivity contribution in [1.82, 2.24) is 4.98 Å².